The van der Waals surface area contributed by atoms with Crippen molar-refractivity contribution in [3.05, 3.63) is 35.6 Å². The Kier molecular flexibility index (Phi) is 3.39. The summed E-state index contributed by atoms with van der Waals surface area (Å²) in [6.45, 7) is -5.05. The van der Waals surface area contributed by atoms with E-state index in [-0.39, 0.29) is 17.3 Å². The van der Waals surface area contributed by atoms with Gasteiger partial charge in [-0.15, -0.1) is 5.98 Å². The quantitative estimate of drug-likeness (QED) is 0.560. The van der Waals surface area contributed by atoms with Gasteiger partial charge in [-0.2, -0.15) is 0 Å². The summed E-state index contributed by atoms with van der Waals surface area (Å²) in [7, 11) is 1.25. The minimum absolute atomic E-state index is 0.0395. The Labute approximate surface area is 84.4 Å². The molecule has 6 heteroatoms. The second kappa shape index (κ2) is 4.38. The summed E-state index contributed by atoms with van der Waals surface area (Å²) < 4.78 is 53.6. The van der Waals surface area contributed by atoms with Crippen molar-refractivity contribution in [1.82, 2.24) is 0 Å². The fraction of sp³-hybridized carbons (Fsp3) is 0.111. The van der Waals surface area contributed by atoms with Gasteiger partial charge in [0, 0.05) is 5.56 Å². The van der Waals surface area contributed by atoms with E-state index in [9.17, 15) is 17.3 Å². The van der Waals surface area contributed by atoms with Gasteiger partial charge in [0.15, 0.2) is 11.6 Å². The predicted molar refractivity (Wildman–Crippen MR) is 51.1 cm³/mol. The van der Waals surface area contributed by atoms with Crippen LogP contribution in [0.4, 0.5) is 17.3 Å². The number of hydrogen-bond donors (Lipinski definition) is 0. The molecule has 1 aromatic carbocycles. The number of rotatable bonds is 3. The molecule has 0 atom stereocenters. The Morgan fingerprint density at radius 1 is 1.27 bits per heavy atom. The molecule has 0 aromatic heterocycles. The fourth-order valence-corrected chi connectivity index (χ4v) is 1.03. The van der Waals surface area contributed by atoms with Crippen LogP contribution in [0.1, 0.15) is 5.56 Å². The minimum Gasteiger partial charge on any atom is -0.494 e. The van der Waals surface area contributed by atoms with E-state index < -0.39 is 12.8 Å². The molecule has 1 nitrogen and oxygen atoms in total. The Hall–Kier alpha value is -1.46. The molecule has 0 fully saturated rings. The maximum Gasteiger partial charge on any atom is 0.502 e. The van der Waals surface area contributed by atoms with Crippen LogP contribution >= 0.6 is 0 Å². The first-order valence-corrected chi connectivity index (χ1v) is 4.16. The second-order valence-corrected chi connectivity index (χ2v) is 2.85. The van der Waals surface area contributed by atoms with Crippen LogP contribution in [0.25, 0.3) is 6.08 Å². The van der Waals surface area contributed by atoms with E-state index in [1.165, 1.54) is 25.3 Å². The van der Waals surface area contributed by atoms with Crippen LogP contribution in [-0.2, 0) is 0 Å². The lowest BCUT2D eigenvalue weighted by Crippen LogP contribution is -2.09. The average molecular weight is 219 g/mol. The van der Waals surface area contributed by atoms with E-state index in [2.05, 4.69) is 4.74 Å². The Morgan fingerprint density at radius 2 is 1.93 bits per heavy atom. The zero-order chi connectivity index (χ0) is 11.5. The molecule has 0 saturated carbocycles. The van der Waals surface area contributed by atoms with Crippen molar-refractivity contribution in [1.29, 1.82) is 0 Å². The van der Waals surface area contributed by atoms with Gasteiger partial charge in [0.2, 0.25) is 0 Å². The lowest BCUT2D eigenvalue weighted by molar-refractivity contribution is 0.386. The van der Waals surface area contributed by atoms with Gasteiger partial charge in [-0.3, -0.25) is 0 Å². The smallest absolute Gasteiger partial charge is 0.494 e. The molecule has 1 rings (SSSR count). The summed E-state index contributed by atoms with van der Waals surface area (Å²) >= 11 is 0. The molecular weight excluding hydrogens is 211 g/mol. The van der Waals surface area contributed by atoms with E-state index >= 15 is 0 Å². The summed E-state index contributed by atoms with van der Waals surface area (Å²) in [5, 5.41) is 0. The van der Waals surface area contributed by atoms with Gasteiger partial charge in [-0.1, -0.05) is 18.2 Å². The van der Waals surface area contributed by atoms with Crippen LogP contribution in [0.15, 0.2) is 24.2 Å². The van der Waals surface area contributed by atoms with Gasteiger partial charge in [0.25, 0.3) is 0 Å². The maximum atomic E-state index is 13.3. The maximum absolute atomic E-state index is 13.3. The number of ether oxygens (including phenoxy) is 1. The predicted octanol–water partition coefficient (Wildman–Crippen LogP) is 3.23. The molecule has 0 bridgehead atoms. The number of benzene rings is 1. The van der Waals surface area contributed by atoms with Crippen molar-refractivity contribution in [2.45, 2.75) is 0 Å². The Bertz CT molecular complexity index is 373. The van der Waals surface area contributed by atoms with Crippen molar-refractivity contribution in [3.8, 4) is 5.75 Å². The van der Waals surface area contributed by atoms with Crippen LogP contribution < -0.4 is 4.74 Å². The monoisotopic (exact) mass is 219 g/mol. The highest BCUT2D eigenvalue weighted by Crippen LogP contribution is 2.22. The third kappa shape index (κ3) is 3.30. The normalized spacial score (nSPS) is 12.1. The summed E-state index contributed by atoms with van der Waals surface area (Å²) in [5.74, 6) is -0.833. The largest absolute Gasteiger partial charge is 0.502 e. The van der Waals surface area contributed by atoms with Crippen LogP contribution in [0.2, 0.25) is 0 Å². The average Bonchev–Trinajstić information content (AvgIpc) is 2.15. The van der Waals surface area contributed by atoms with Crippen LogP contribution in [0.5, 0.6) is 5.75 Å². The van der Waals surface area contributed by atoms with Gasteiger partial charge in [-0.05, 0) is 6.07 Å². The zero-order valence-electron chi connectivity index (χ0n) is 7.88. The van der Waals surface area contributed by atoms with Crippen molar-refractivity contribution in [2.24, 2.45) is 0 Å². The van der Waals surface area contributed by atoms with Gasteiger partial charge < -0.3 is 17.7 Å². The summed E-state index contributed by atoms with van der Waals surface area (Å²) in [6, 6.07) is 4.01. The molecule has 82 valence electrons. The van der Waals surface area contributed by atoms with Crippen LogP contribution in [-0.4, -0.2) is 14.1 Å². The molecule has 15 heavy (non-hydrogen) atoms. The summed E-state index contributed by atoms with van der Waals surface area (Å²) in [5.41, 5.74) is -0.145. The summed E-state index contributed by atoms with van der Waals surface area (Å²) in [4.78, 5) is 0. The summed E-state index contributed by atoms with van der Waals surface area (Å²) in [6.07, 6.45) is 0.692. The molecular formula is C9H8BF4O-. The van der Waals surface area contributed by atoms with Gasteiger partial charge in [0.1, 0.15) is 0 Å². The third-order valence-electron chi connectivity index (χ3n) is 1.71. The lowest BCUT2D eigenvalue weighted by atomic mass is 9.90. The van der Waals surface area contributed by atoms with E-state index in [4.69, 9.17) is 0 Å². The standard InChI is InChI=1S/C9H8BF4O/c1-15-8-4-2-3-7(9(8)11)5-6-10(12,13)14/h2-6H,1H3/q-1/b6-5+. The molecule has 0 heterocycles. The third-order valence-corrected chi connectivity index (χ3v) is 1.71. The van der Waals surface area contributed by atoms with Gasteiger partial charge in [-0.25, -0.2) is 4.39 Å². The fourth-order valence-electron chi connectivity index (χ4n) is 1.03. The molecule has 0 aliphatic rings. The van der Waals surface area contributed by atoms with Crippen LogP contribution in [0, 0.1) is 5.82 Å². The molecule has 0 saturated heterocycles. The van der Waals surface area contributed by atoms with E-state index in [0.29, 0.717) is 6.08 Å². The Morgan fingerprint density at radius 3 is 2.47 bits per heavy atom. The highest BCUT2D eigenvalue weighted by molar-refractivity contribution is 6.64. The zero-order valence-corrected chi connectivity index (χ0v) is 7.88. The first-order valence-electron chi connectivity index (χ1n) is 4.16. The molecule has 0 aliphatic carbocycles. The Balaban J connectivity index is 3.01. The lowest BCUT2D eigenvalue weighted by Gasteiger charge is -2.07. The molecule has 0 radical (unpaired) electrons. The van der Waals surface area contributed by atoms with E-state index in [0.717, 1.165) is 0 Å². The highest BCUT2D eigenvalue weighted by atomic mass is 19.4. The van der Waals surface area contributed by atoms with Crippen molar-refractivity contribution in [2.75, 3.05) is 7.11 Å². The number of halogens is 4. The molecule has 0 unspecified atom stereocenters. The molecule has 1 aromatic rings. The highest BCUT2D eigenvalue weighted by Gasteiger charge is 2.17. The first-order chi connectivity index (χ1) is 6.94. The molecule has 0 amide bonds. The van der Waals surface area contributed by atoms with Crippen molar-refractivity contribution in [3.63, 3.8) is 0 Å². The number of hydrogen-bond acceptors (Lipinski definition) is 1. The first kappa shape index (κ1) is 11.6. The SMILES string of the molecule is COc1cccc(/C=C/[B-](F)(F)F)c1F. The van der Waals surface area contributed by atoms with E-state index in [1.54, 1.807) is 0 Å². The van der Waals surface area contributed by atoms with Crippen LogP contribution in [0.3, 0.4) is 0 Å². The number of methoxy groups -OCH3 is 1. The molecule has 0 N–H and O–H groups in total. The van der Waals surface area contributed by atoms with Crippen molar-refractivity contribution < 1.29 is 22.1 Å². The van der Waals surface area contributed by atoms with E-state index in [1.807, 2.05) is 0 Å². The van der Waals surface area contributed by atoms with Crippen molar-refractivity contribution >= 4 is 13.1 Å². The molecule has 0 aliphatic heterocycles. The minimum atomic E-state index is -5.05. The van der Waals surface area contributed by atoms with Gasteiger partial charge in [0.05, 0.1) is 7.11 Å². The topological polar surface area (TPSA) is 9.23 Å². The second-order valence-electron chi connectivity index (χ2n) is 2.85. The van der Waals surface area contributed by atoms with Gasteiger partial charge >= 0.3 is 6.98 Å². The molecule has 0 spiro atoms.